The Labute approximate surface area is 176 Å². The van der Waals surface area contributed by atoms with E-state index in [4.69, 9.17) is 16.6 Å². The molecule has 1 aliphatic rings. The van der Waals surface area contributed by atoms with Gasteiger partial charge >= 0.3 is 0 Å². The second kappa shape index (κ2) is 8.09. The third kappa shape index (κ3) is 3.72. The van der Waals surface area contributed by atoms with Crippen LogP contribution in [0, 0.1) is 6.92 Å². The largest absolute Gasteiger partial charge is 0.314 e. The number of aromatic nitrogens is 3. The van der Waals surface area contributed by atoms with E-state index in [0.717, 1.165) is 45.7 Å². The van der Waals surface area contributed by atoms with E-state index < -0.39 is 0 Å². The maximum atomic E-state index is 6.15. The third-order valence-electron chi connectivity index (χ3n) is 5.32. The average Bonchev–Trinajstić information content (AvgIpc) is 3.03. The van der Waals surface area contributed by atoms with Gasteiger partial charge in [0, 0.05) is 22.7 Å². The molecule has 0 bridgehead atoms. The maximum Gasteiger partial charge on any atom is 0.163 e. The van der Waals surface area contributed by atoms with Gasteiger partial charge in [0.2, 0.25) is 0 Å². The Bertz CT molecular complexity index is 1050. The molecule has 1 aromatic heterocycles. The molecule has 150 valence electrons. The molecule has 0 saturated heterocycles. The lowest BCUT2D eigenvalue weighted by molar-refractivity contribution is 0.584. The molecule has 0 radical (unpaired) electrons. The zero-order chi connectivity index (χ0) is 20.5. The van der Waals surface area contributed by atoms with Crippen LogP contribution in [0.4, 0.5) is 0 Å². The Morgan fingerprint density at radius 3 is 2.55 bits per heavy atom. The quantitative estimate of drug-likeness (QED) is 0.657. The molecule has 6 heteroatoms. The summed E-state index contributed by atoms with van der Waals surface area (Å²) in [6, 6.07) is 14.4. The minimum atomic E-state index is -0.128. The number of nitrogens with zero attached hydrogens (tertiary/aromatic N) is 4. The van der Waals surface area contributed by atoms with Gasteiger partial charge in [0.1, 0.15) is 11.9 Å². The summed E-state index contributed by atoms with van der Waals surface area (Å²) < 4.78 is 2.15. The highest BCUT2D eigenvalue weighted by atomic mass is 35.5. The Hall–Kier alpha value is -2.50. The number of nitrogens with one attached hydrogen (secondary N) is 1. The number of aliphatic imine (C=N–C) groups is 1. The zero-order valence-electron chi connectivity index (χ0n) is 17.3. The summed E-state index contributed by atoms with van der Waals surface area (Å²) in [6.07, 6.45) is 0. The molecule has 5 nitrogen and oxygen atoms in total. The average molecular weight is 408 g/mol. The van der Waals surface area contributed by atoms with Crippen LogP contribution in [0.15, 0.2) is 47.5 Å². The van der Waals surface area contributed by atoms with Crippen molar-refractivity contribution in [1.82, 2.24) is 20.1 Å². The van der Waals surface area contributed by atoms with Gasteiger partial charge in [-0.25, -0.2) is 0 Å². The van der Waals surface area contributed by atoms with Crippen LogP contribution in [0.25, 0.3) is 5.69 Å². The Kier molecular flexibility index (Phi) is 5.52. The van der Waals surface area contributed by atoms with Crippen molar-refractivity contribution in [2.24, 2.45) is 4.99 Å². The van der Waals surface area contributed by atoms with E-state index in [1.54, 1.807) is 0 Å². The van der Waals surface area contributed by atoms with Gasteiger partial charge in [-0.15, -0.1) is 10.2 Å². The summed E-state index contributed by atoms with van der Waals surface area (Å²) in [4.78, 5) is 5.20. The van der Waals surface area contributed by atoms with Crippen LogP contribution in [0.1, 0.15) is 61.1 Å². The van der Waals surface area contributed by atoms with E-state index >= 15 is 0 Å². The van der Waals surface area contributed by atoms with Gasteiger partial charge in [0.25, 0.3) is 0 Å². The number of rotatable bonds is 5. The number of benzene rings is 2. The Morgan fingerprint density at radius 1 is 1.10 bits per heavy atom. The summed E-state index contributed by atoms with van der Waals surface area (Å²) >= 11 is 6.15. The lowest BCUT2D eigenvalue weighted by Crippen LogP contribution is -2.22. The predicted molar refractivity (Wildman–Crippen MR) is 119 cm³/mol. The fourth-order valence-electron chi connectivity index (χ4n) is 3.73. The number of hydrogen-bond donors (Lipinski definition) is 1. The SMILES string of the molecule is CCNC[C@@H]1N=C(c2ccc(Cl)cc2)c2cc(C(C)C)ccc2-n2c(C)nnc21. The van der Waals surface area contributed by atoms with E-state index in [-0.39, 0.29) is 6.04 Å². The first-order valence-corrected chi connectivity index (χ1v) is 10.5. The molecule has 0 fully saturated rings. The van der Waals surface area contributed by atoms with Crippen molar-refractivity contribution in [3.63, 3.8) is 0 Å². The highest BCUT2D eigenvalue weighted by Crippen LogP contribution is 2.32. The minimum Gasteiger partial charge on any atom is -0.314 e. The lowest BCUT2D eigenvalue weighted by atomic mass is 9.94. The van der Waals surface area contributed by atoms with Crippen molar-refractivity contribution in [1.29, 1.82) is 0 Å². The predicted octanol–water partition coefficient (Wildman–Crippen LogP) is 4.85. The fourth-order valence-corrected chi connectivity index (χ4v) is 3.85. The number of hydrogen-bond acceptors (Lipinski definition) is 4. The number of aryl methyl sites for hydroxylation is 1. The number of halogens is 1. The van der Waals surface area contributed by atoms with Gasteiger partial charge in [-0.3, -0.25) is 9.56 Å². The molecule has 2 heterocycles. The zero-order valence-corrected chi connectivity index (χ0v) is 18.0. The molecule has 29 heavy (non-hydrogen) atoms. The van der Waals surface area contributed by atoms with Crippen molar-refractivity contribution < 1.29 is 0 Å². The molecule has 2 aromatic carbocycles. The van der Waals surface area contributed by atoms with Crippen LogP contribution in [-0.2, 0) is 0 Å². The van der Waals surface area contributed by atoms with Crippen LogP contribution in [0.5, 0.6) is 0 Å². The molecule has 1 N–H and O–H groups in total. The van der Waals surface area contributed by atoms with Gasteiger partial charge in [0.05, 0.1) is 11.4 Å². The second-order valence-electron chi connectivity index (χ2n) is 7.68. The van der Waals surface area contributed by atoms with Crippen molar-refractivity contribution in [3.05, 3.63) is 75.8 Å². The standard InChI is InChI=1S/C23H26ClN5/c1-5-25-13-20-23-28-27-15(4)29(23)21-11-8-17(14(2)3)12-19(21)22(26-20)16-6-9-18(24)10-7-16/h6-12,14,20,25H,5,13H2,1-4H3/t20-/m0/s1. The Balaban J connectivity index is 1.99. The molecule has 1 atom stereocenters. The molecular weight excluding hydrogens is 382 g/mol. The molecular formula is C23H26ClN5. The molecule has 1 aliphatic heterocycles. The normalized spacial score (nSPS) is 15.7. The van der Waals surface area contributed by atoms with Crippen LogP contribution in [-0.4, -0.2) is 33.6 Å². The van der Waals surface area contributed by atoms with E-state index in [2.05, 4.69) is 59.1 Å². The highest BCUT2D eigenvalue weighted by Gasteiger charge is 2.28. The third-order valence-corrected chi connectivity index (χ3v) is 5.57. The molecule has 0 aliphatic carbocycles. The van der Waals surface area contributed by atoms with E-state index in [0.29, 0.717) is 12.5 Å². The highest BCUT2D eigenvalue weighted by molar-refractivity contribution is 6.30. The monoisotopic (exact) mass is 407 g/mol. The summed E-state index contributed by atoms with van der Waals surface area (Å²) in [5.74, 6) is 2.16. The van der Waals surface area contributed by atoms with Gasteiger partial charge in [-0.1, -0.05) is 50.6 Å². The van der Waals surface area contributed by atoms with Gasteiger partial charge < -0.3 is 5.32 Å². The molecule has 0 amide bonds. The van der Waals surface area contributed by atoms with Crippen molar-refractivity contribution in [2.75, 3.05) is 13.1 Å². The summed E-state index contributed by atoms with van der Waals surface area (Å²) in [6.45, 7) is 10.1. The first kappa shape index (κ1) is 19.8. The van der Waals surface area contributed by atoms with Gasteiger partial charge in [0.15, 0.2) is 5.82 Å². The molecule has 0 saturated carbocycles. The van der Waals surface area contributed by atoms with Gasteiger partial charge in [-0.2, -0.15) is 0 Å². The van der Waals surface area contributed by atoms with E-state index in [1.165, 1.54) is 5.56 Å². The van der Waals surface area contributed by atoms with E-state index in [1.807, 2.05) is 31.2 Å². The first-order valence-electron chi connectivity index (χ1n) is 10.1. The number of fused-ring (bicyclic) bond motifs is 3. The summed E-state index contributed by atoms with van der Waals surface area (Å²) in [5, 5.41) is 13.0. The van der Waals surface area contributed by atoms with Crippen molar-refractivity contribution >= 4 is 17.3 Å². The molecule has 0 spiro atoms. The second-order valence-corrected chi connectivity index (χ2v) is 8.12. The molecule has 3 aromatic rings. The van der Waals surface area contributed by atoms with Gasteiger partial charge in [-0.05, 0) is 49.2 Å². The van der Waals surface area contributed by atoms with Crippen LogP contribution in [0.2, 0.25) is 5.02 Å². The van der Waals surface area contributed by atoms with Crippen LogP contribution >= 0.6 is 11.6 Å². The summed E-state index contributed by atoms with van der Waals surface area (Å²) in [7, 11) is 0. The van der Waals surface area contributed by atoms with Crippen molar-refractivity contribution in [2.45, 2.75) is 39.7 Å². The maximum absolute atomic E-state index is 6.15. The first-order chi connectivity index (χ1) is 14.0. The molecule has 4 rings (SSSR count). The van der Waals surface area contributed by atoms with E-state index in [9.17, 15) is 0 Å². The Morgan fingerprint density at radius 2 is 1.86 bits per heavy atom. The topological polar surface area (TPSA) is 55.1 Å². The van der Waals surface area contributed by atoms with Crippen molar-refractivity contribution in [3.8, 4) is 5.69 Å². The minimum absolute atomic E-state index is 0.128. The molecule has 0 unspecified atom stereocenters. The van der Waals surface area contributed by atoms with Crippen LogP contribution < -0.4 is 5.32 Å². The summed E-state index contributed by atoms with van der Waals surface area (Å²) in [5.41, 5.74) is 5.46. The lowest BCUT2D eigenvalue weighted by Gasteiger charge is -2.15. The smallest absolute Gasteiger partial charge is 0.163 e. The number of likely N-dealkylation sites (N-methyl/N-ethyl adjacent to an activating group) is 1. The van der Waals surface area contributed by atoms with Crippen LogP contribution in [0.3, 0.4) is 0 Å². The fraction of sp³-hybridized carbons (Fsp3) is 0.348.